The highest BCUT2D eigenvalue weighted by atomic mass is 32.2. The molecule has 2 nitrogen and oxygen atoms in total. The Morgan fingerprint density at radius 2 is 1.89 bits per heavy atom. The van der Waals surface area contributed by atoms with Gasteiger partial charge in [0.2, 0.25) is 0 Å². The summed E-state index contributed by atoms with van der Waals surface area (Å²) in [6, 6.07) is 4.69. The lowest BCUT2D eigenvalue weighted by molar-refractivity contribution is 0.150. The van der Waals surface area contributed by atoms with E-state index in [0.29, 0.717) is 16.8 Å². The second kappa shape index (κ2) is 5.90. The van der Waals surface area contributed by atoms with Gasteiger partial charge < -0.3 is 0 Å². The highest BCUT2D eigenvalue weighted by Gasteiger charge is 2.20. The third-order valence-corrected chi connectivity index (χ3v) is 4.23. The van der Waals surface area contributed by atoms with Crippen LogP contribution in [0.4, 0.5) is 8.78 Å². The minimum atomic E-state index is -2.51. The third-order valence-electron chi connectivity index (χ3n) is 2.74. The third kappa shape index (κ3) is 3.93. The standard InChI is InChI=1S/C14H19F2NOS/c1-9-11(7-6-8-12(9)13(15)16)10(2)17-19(18)14(3,4)5/h6-8,13H,1-5H3. The molecule has 1 aromatic rings. The number of benzene rings is 1. The van der Waals surface area contributed by atoms with E-state index in [-0.39, 0.29) is 5.56 Å². The van der Waals surface area contributed by atoms with E-state index in [4.69, 9.17) is 0 Å². The van der Waals surface area contributed by atoms with E-state index in [1.165, 1.54) is 6.07 Å². The normalized spacial score (nSPS) is 14.8. The smallest absolute Gasteiger partial charge is 0.234 e. The van der Waals surface area contributed by atoms with Crippen molar-refractivity contribution in [1.82, 2.24) is 0 Å². The van der Waals surface area contributed by atoms with Crippen molar-refractivity contribution >= 4 is 16.7 Å². The van der Waals surface area contributed by atoms with Gasteiger partial charge in [-0.25, -0.2) is 13.0 Å². The number of nitrogens with zero attached hydrogens (tertiary/aromatic N) is 1. The summed E-state index contributed by atoms with van der Waals surface area (Å²) in [5, 5.41) is 0. The first kappa shape index (κ1) is 16.0. The molecule has 106 valence electrons. The first-order valence-corrected chi connectivity index (χ1v) is 7.10. The van der Waals surface area contributed by atoms with Crippen LogP contribution in [0.3, 0.4) is 0 Å². The molecule has 1 unspecified atom stereocenters. The van der Waals surface area contributed by atoms with Gasteiger partial charge in [-0.15, -0.1) is 0 Å². The van der Waals surface area contributed by atoms with Gasteiger partial charge in [-0.2, -0.15) is 4.40 Å². The lowest BCUT2D eigenvalue weighted by Gasteiger charge is -2.15. The highest BCUT2D eigenvalue weighted by Crippen LogP contribution is 2.25. The molecule has 0 aromatic heterocycles. The number of halogens is 2. The Bertz CT molecular complexity index is 519. The van der Waals surface area contributed by atoms with Crippen molar-refractivity contribution in [3.8, 4) is 0 Å². The average Bonchev–Trinajstić information content (AvgIpc) is 2.27. The molecule has 0 N–H and O–H groups in total. The number of hydrogen-bond acceptors (Lipinski definition) is 1. The van der Waals surface area contributed by atoms with Crippen molar-refractivity contribution < 1.29 is 13.0 Å². The number of alkyl halides is 2. The fourth-order valence-corrected chi connectivity index (χ4v) is 2.21. The lowest BCUT2D eigenvalue weighted by Crippen LogP contribution is -2.20. The van der Waals surface area contributed by atoms with Gasteiger partial charge in [0.1, 0.15) is 11.0 Å². The van der Waals surface area contributed by atoms with Gasteiger partial charge >= 0.3 is 0 Å². The number of rotatable bonds is 3. The second-order valence-electron chi connectivity index (χ2n) is 5.36. The molecule has 0 aliphatic heterocycles. The minimum absolute atomic E-state index is 0.00593. The molecule has 0 bridgehead atoms. The van der Waals surface area contributed by atoms with E-state index in [0.717, 1.165) is 0 Å². The summed E-state index contributed by atoms with van der Waals surface area (Å²) < 4.78 is 41.3. The van der Waals surface area contributed by atoms with Crippen LogP contribution in [0.15, 0.2) is 22.6 Å². The van der Waals surface area contributed by atoms with E-state index >= 15 is 0 Å². The van der Waals surface area contributed by atoms with Crippen LogP contribution in [0, 0.1) is 6.92 Å². The maximum Gasteiger partial charge on any atom is 0.264 e. The van der Waals surface area contributed by atoms with Crippen molar-refractivity contribution in [3.63, 3.8) is 0 Å². The monoisotopic (exact) mass is 287 g/mol. The van der Waals surface area contributed by atoms with Crippen molar-refractivity contribution in [3.05, 3.63) is 34.9 Å². The van der Waals surface area contributed by atoms with E-state index in [2.05, 4.69) is 4.40 Å². The first-order valence-electron chi connectivity index (χ1n) is 6.00. The fraction of sp³-hybridized carbons (Fsp3) is 0.500. The molecule has 0 heterocycles. The van der Waals surface area contributed by atoms with Gasteiger partial charge in [0.15, 0.2) is 0 Å². The zero-order valence-corrected chi connectivity index (χ0v) is 12.6. The molecule has 1 aromatic carbocycles. The van der Waals surface area contributed by atoms with Crippen LogP contribution in [0.1, 0.15) is 50.8 Å². The molecule has 0 fully saturated rings. The first-order chi connectivity index (χ1) is 8.64. The molecular weight excluding hydrogens is 268 g/mol. The molecule has 0 spiro atoms. The zero-order chi connectivity index (χ0) is 14.8. The molecule has 0 aliphatic rings. The Labute approximate surface area is 115 Å². The van der Waals surface area contributed by atoms with Crippen LogP contribution in [-0.4, -0.2) is 14.7 Å². The fourth-order valence-electron chi connectivity index (χ4n) is 1.59. The van der Waals surface area contributed by atoms with Crippen LogP contribution in [-0.2, 0) is 11.0 Å². The van der Waals surface area contributed by atoms with E-state index < -0.39 is 22.2 Å². The van der Waals surface area contributed by atoms with Crippen molar-refractivity contribution in [2.24, 2.45) is 4.40 Å². The van der Waals surface area contributed by atoms with Crippen molar-refractivity contribution in [1.29, 1.82) is 0 Å². The summed E-state index contributed by atoms with van der Waals surface area (Å²) in [5.74, 6) is 0. The molecule has 0 saturated carbocycles. The summed E-state index contributed by atoms with van der Waals surface area (Å²) >= 11 is 0. The molecule has 19 heavy (non-hydrogen) atoms. The van der Waals surface area contributed by atoms with Crippen molar-refractivity contribution in [2.45, 2.75) is 45.8 Å². The quantitative estimate of drug-likeness (QED) is 0.766. The molecule has 0 radical (unpaired) electrons. The van der Waals surface area contributed by atoms with Crippen LogP contribution in [0.2, 0.25) is 0 Å². The van der Waals surface area contributed by atoms with E-state index in [1.54, 1.807) is 26.0 Å². The van der Waals surface area contributed by atoms with Crippen LogP contribution < -0.4 is 0 Å². The molecule has 0 amide bonds. The van der Waals surface area contributed by atoms with Gasteiger partial charge in [-0.3, -0.25) is 0 Å². The average molecular weight is 287 g/mol. The Balaban J connectivity index is 3.21. The summed E-state index contributed by atoms with van der Waals surface area (Å²) in [6.45, 7) is 8.80. The Hall–Kier alpha value is -1.10. The SMILES string of the molecule is CC(=NS(=O)C(C)(C)C)c1cccc(C(F)F)c1C. The Kier molecular flexibility index (Phi) is 4.96. The summed E-state index contributed by atoms with van der Waals surface area (Å²) in [4.78, 5) is 0. The molecule has 1 rings (SSSR count). The Morgan fingerprint density at radius 1 is 1.32 bits per heavy atom. The topological polar surface area (TPSA) is 29.4 Å². The van der Waals surface area contributed by atoms with Crippen LogP contribution in [0.25, 0.3) is 0 Å². The Morgan fingerprint density at radius 3 is 2.37 bits per heavy atom. The summed E-state index contributed by atoms with van der Waals surface area (Å²) in [7, 11) is -1.39. The highest BCUT2D eigenvalue weighted by molar-refractivity contribution is 7.85. The predicted molar refractivity (Wildman–Crippen MR) is 76.2 cm³/mol. The maximum atomic E-state index is 12.8. The molecule has 0 saturated heterocycles. The van der Waals surface area contributed by atoms with E-state index in [1.807, 2.05) is 20.8 Å². The van der Waals surface area contributed by atoms with Crippen molar-refractivity contribution in [2.75, 3.05) is 0 Å². The molecular formula is C14H19F2NOS. The van der Waals surface area contributed by atoms with Crippen LogP contribution >= 0.6 is 0 Å². The predicted octanol–water partition coefficient (Wildman–Crippen LogP) is 4.20. The summed E-state index contributed by atoms with van der Waals surface area (Å²) in [5.41, 5.74) is 1.63. The summed E-state index contributed by atoms with van der Waals surface area (Å²) in [6.07, 6.45) is -2.51. The number of hydrogen-bond donors (Lipinski definition) is 0. The second-order valence-corrected chi connectivity index (χ2v) is 7.26. The molecule has 0 aliphatic carbocycles. The largest absolute Gasteiger partial charge is 0.264 e. The molecule has 1 atom stereocenters. The lowest BCUT2D eigenvalue weighted by atomic mass is 10.00. The van der Waals surface area contributed by atoms with Gasteiger partial charge in [0.25, 0.3) is 6.43 Å². The minimum Gasteiger partial charge on any atom is -0.234 e. The van der Waals surface area contributed by atoms with Crippen LogP contribution in [0.5, 0.6) is 0 Å². The zero-order valence-electron chi connectivity index (χ0n) is 11.8. The molecule has 5 heteroatoms. The maximum absolute atomic E-state index is 12.8. The van der Waals surface area contributed by atoms with E-state index in [9.17, 15) is 13.0 Å². The van der Waals surface area contributed by atoms with Gasteiger partial charge in [0.05, 0.1) is 10.5 Å². The van der Waals surface area contributed by atoms with Gasteiger partial charge in [-0.05, 0) is 45.7 Å². The van der Waals surface area contributed by atoms with Gasteiger partial charge in [-0.1, -0.05) is 18.2 Å². The van der Waals surface area contributed by atoms with Gasteiger partial charge in [0, 0.05) is 5.56 Å².